The van der Waals surface area contributed by atoms with Crippen LogP contribution in [0, 0.1) is 5.92 Å². The lowest BCUT2D eigenvalue weighted by molar-refractivity contribution is 0.0722. The molecule has 1 aromatic rings. The van der Waals surface area contributed by atoms with Crippen LogP contribution < -0.4 is 14.8 Å². The Bertz CT molecular complexity index is 582. The molecule has 2 aliphatic rings. The molecule has 3 rings (SSSR count). The fourth-order valence-corrected chi connectivity index (χ4v) is 3.71. The molecule has 0 aliphatic carbocycles. The van der Waals surface area contributed by atoms with Crippen LogP contribution in [0.1, 0.15) is 48.1 Å². The summed E-state index contributed by atoms with van der Waals surface area (Å²) in [6.45, 7) is 5.12. The van der Waals surface area contributed by atoms with Crippen molar-refractivity contribution in [2.24, 2.45) is 5.92 Å². The number of carbonyl (C=O) groups excluding carboxylic acids is 1. The second-order valence-electron chi connectivity index (χ2n) is 6.45. The minimum absolute atomic E-state index is 0.0963. The summed E-state index contributed by atoms with van der Waals surface area (Å²) in [4.78, 5) is 14.8. The monoisotopic (exact) mass is 318 g/mol. The standard InChI is InChI=1S/C18H26N2O3/c1-12-14-10-16(22-2)17(23-3)11-15(14)18(21)20(12)9-6-13-4-7-19-8-5-13/h10-13,19H,4-9H2,1-3H3. The fourth-order valence-electron chi connectivity index (χ4n) is 3.71. The van der Waals surface area contributed by atoms with Gasteiger partial charge in [-0.2, -0.15) is 0 Å². The predicted molar refractivity (Wildman–Crippen MR) is 89.2 cm³/mol. The summed E-state index contributed by atoms with van der Waals surface area (Å²) in [6.07, 6.45) is 3.51. The minimum atomic E-state index is 0.0963. The largest absolute Gasteiger partial charge is 0.493 e. The topological polar surface area (TPSA) is 50.8 Å². The van der Waals surface area contributed by atoms with E-state index in [0.29, 0.717) is 11.5 Å². The number of nitrogens with zero attached hydrogens (tertiary/aromatic N) is 1. The smallest absolute Gasteiger partial charge is 0.254 e. The molecule has 1 N–H and O–H groups in total. The van der Waals surface area contributed by atoms with Gasteiger partial charge in [-0.3, -0.25) is 4.79 Å². The summed E-state index contributed by atoms with van der Waals surface area (Å²) in [7, 11) is 3.22. The third kappa shape index (κ3) is 3.02. The van der Waals surface area contributed by atoms with Crippen molar-refractivity contribution < 1.29 is 14.3 Å². The van der Waals surface area contributed by atoms with Crippen LogP contribution >= 0.6 is 0 Å². The van der Waals surface area contributed by atoms with E-state index in [1.165, 1.54) is 12.8 Å². The van der Waals surface area contributed by atoms with Crippen molar-refractivity contribution in [1.82, 2.24) is 10.2 Å². The van der Waals surface area contributed by atoms with E-state index in [-0.39, 0.29) is 11.9 Å². The molecule has 0 aromatic heterocycles. The quantitative estimate of drug-likeness (QED) is 0.907. The van der Waals surface area contributed by atoms with Gasteiger partial charge >= 0.3 is 0 Å². The van der Waals surface area contributed by atoms with Gasteiger partial charge in [-0.05, 0) is 62.9 Å². The number of carbonyl (C=O) groups is 1. The van der Waals surface area contributed by atoms with Crippen LogP contribution in [-0.2, 0) is 0 Å². The molecular weight excluding hydrogens is 292 g/mol. The molecule has 0 saturated carbocycles. The van der Waals surface area contributed by atoms with Gasteiger partial charge in [0.15, 0.2) is 11.5 Å². The van der Waals surface area contributed by atoms with Crippen molar-refractivity contribution >= 4 is 5.91 Å². The SMILES string of the molecule is COc1cc2c(cc1OC)C(C)N(CCC1CCNCC1)C2=O. The molecule has 126 valence electrons. The van der Waals surface area contributed by atoms with Crippen molar-refractivity contribution in [2.75, 3.05) is 33.9 Å². The average molecular weight is 318 g/mol. The molecular formula is C18H26N2O3. The van der Waals surface area contributed by atoms with E-state index in [1.54, 1.807) is 14.2 Å². The second-order valence-corrected chi connectivity index (χ2v) is 6.45. The second kappa shape index (κ2) is 6.79. The van der Waals surface area contributed by atoms with Crippen LogP contribution in [0.2, 0.25) is 0 Å². The van der Waals surface area contributed by atoms with E-state index >= 15 is 0 Å². The van der Waals surface area contributed by atoms with Gasteiger partial charge in [0.25, 0.3) is 5.91 Å². The Morgan fingerprint density at radius 3 is 2.48 bits per heavy atom. The zero-order valence-electron chi connectivity index (χ0n) is 14.2. The van der Waals surface area contributed by atoms with Crippen LogP contribution in [0.15, 0.2) is 12.1 Å². The number of hydrogen-bond donors (Lipinski definition) is 1. The molecule has 1 saturated heterocycles. The molecule has 5 nitrogen and oxygen atoms in total. The van der Waals surface area contributed by atoms with Crippen molar-refractivity contribution in [3.8, 4) is 11.5 Å². The van der Waals surface area contributed by atoms with E-state index in [0.717, 1.165) is 43.1 Å². The van der Waals surface area contributed by atoms with Gasteiger partial charge in [-0.25, -0.2) is 0 Å². The van der Waals surface area contributed by atoms with Crippen molar-refractivity contribution in [1.29, 1.82) is 0 Å². The first-order valence-corrected chi connectivity index (χ1v) is 8.43. The van der Waals surface area contributed by atoms with E-state index < -0.39 is 0 Å². The number of hydrogen-bond acceptors (Lipinski definition) is 4. The molecule has 1 amide bonds. The highest BCUT2D eigenvalue weighted by Crippen LogP contribution is 2.40. The summed E-state index contributed by atoms with van der Waals surface area (Å²) in [6, 6.07) is 3.86. The Morgan fingerprint density at radius 2 is 1.83 bits per heavy atom. The lowest BCUT2D eigenvalue weighted by Gasteiger charge is -2.27. The van der Waals surface area contributed by atoms with Crippen LogP contribution in [0.5, 0.6) is 11.5 Å². The summed E-state index contributed by atoms with van der Waals surface area (Å²) in [5.41, 5.74) is 1.79. The van der Waals surface area contributed by atoms with Crippen LogP contribution in [0.4, 0.5) is 0 Å². The van der Waals surface area contributed by atoms with Gasteiger partial charge in [0.2, 0.25) is 0 Å². The van der Waals surface area contributed by atoms with Crippen molar-refractivity contribution in [3.05, 3.63) is 23.3 Å². The number of ether oxygens (including phenoxy) is 2. The third-order valence-electron chi connectivity index (χ3n) is 5.20. The number of amides is 1. The van der Waals surface area contributed by atoms with E-state index in [1.807, 2.05) is 17.0 Å². The fraction of sp³-hybridized carbons (Fsp3) is 0.611. The highest BCUT2D eigenvalue weighted by atomic mass is 16.5. The van der Waals surface area contributed by atoms with E-state index in [9.17, 15) is 4.79 Å². The van der Waals surface area contributed by atoms with Gasteiger partial charge in [-0.1, -0.05) is 0 Å². The third-order valence-corrected chi connectivity index (χ3v) is 5.20. The first-order chi connectivity index (χ1) is 11.2. The van der Waals surface area contributed by atoms with Gasteiger partial charge in [0.05, 0.1) is 20.3 Å². The molecule has 2 aliphatic heterocycles. The van der Waals surface area contributed by atoms with Gasteiger partial charge in [0, 0.05) is 12.1 Å². The number of nitrogens with one attached hydrogen (secondary N) is 1. The molecule has 0 spiro atoms. The van der Waals surface area contributed by atoms with Gasteiger partial charge in [-0.15, -0.1) is 0 Å². The van der Waals surface area contributed by atoms with Crippen molar-refractivity contribution in [2.45, 2.75) is 32.2 Å². The Morgan fingerprint density at radius 1 is 1.17 bits per heavy atom. The minimum Gasteiger partial charge on any atom is -0.493 e. The lowest BCUT2D eigenvalue weighted by atomic mass is 9.94. The van der Waals surface area contributed by atoms with Gasteiger partial charge in [0.1, 0.15) is 0 Å². The molecule has 1 fully saturated rings. The lowest BCUT2D eigenvalue weighted by Crippen LogP contribution is -2.32. The van der Waals surface area contributed by atoms with Crippen LogP contribution in [0.3, 0.4) is 0 Å². The highest BCUT2D eigenvalue weighted by molar-refractivity contribution is 6.00. The number of piperidine rings is 1. The maximum Gasteiger partial charge on any atom is 0.254 e. The Hall–Kier alpha value is -1.75. The maximum absolute atomic E-state index is 12.8. The van der Waals surface area contributed by atoms with Crippen LogP contribution in [-0.4, -0.2) is 44.7 Å². The number of rotatable bonds is 5. The number of benzene rings is 1. The molecule has 2 heterocycles. The van der Waals surface area contributed by atoms with Crippen molar-refractivity contribution in [3.63, 3.8) is 0 Å². The zero-order chi connectivity index (χ0) is 16.4. The summed E-state index contributed by atoms with van der Waals surface area (Å²) in [5.74, 6) is 2.14. The number of fused-ring (bicyclic) bond motifs is 1. The Labute approximate surface area is 137 Å². The number of methoxy groups -OCH3 is 2. The summed E-state index contributed by atoms with van der Waals surface area (Å²) < 4.78 is 10.7. The molecule has 5 heteroatoms. The molecule has 1 atom stereocenters. The normalized spacial score (nSPS) is 21.4. The predicted octanol–water partition coefficient (Wildman–Crippen LogP) is 2.61. The maximum atomic E-state index is 12.8. The molecule has 0 bridgehead atoms. The van der Waals surface area contributed by atoms with E-state index in [4.69, 9.17) is 9.47 Å². The summed E-state index contributed by atoms with van der Waals surface area (Å²) >= 11 is 0. The molecule has 23 heavy (non-hydrogen) atoms. The van der Waals surface area contributed by atoms with Gasteiger partial charge < -0.3 is 19.7 Å². The molecule has 0 radical (unpaired) electrons. The average Bonchev–Trinajstić information content (AvgIpc) is 2.83. The van der Waals surface area contributed by atoms with Crippen LogP contribution in [0.25, 0.3) is 0 Å². The zero-order valence-corrected chi connectivity index (χ0v) is 14.2. The Balaban J connectivity index is 1.75. The summed E-state index contributed by atoms with van der Waals surface area (Å²) in [5, 5.41) is 3.39. The Kier molecular flexibility index (Phi) is 4.76. The first-order valence-electron chi connectivity index (χ1n) is 8.43. The molecule has 1 unspecified atom stereocenters. The first kappa shape index (κ1) is 16.1. The van der Waals surface area contributed by atoms with E-state index in [2.05, 4.69) is 12.2 Å². The highest BCUT2D eigenvalue weighted by Gasteiger charge is 2.35. The molecule has 1 aromatic carbocycles.